The maximum Gasteiger partial charge on any atom is 0.264 e. The second kappa shape index (κ2) is 14.1. The van der Waals surface area contributed by atoms with Crippen LogP contribution in [0.25, 0.3) is 0 Å². The van der Waals surface area contributed by atoms with Gasteiger partial charge in [-0.3, -0.25) is 13.9 Å². The van der Waals surface area contributed by atoms with Gasteiger partial charge in [-0.15, -0.1) is 0 Å². The predicted molar refractivity (Wildman–Crippen MR) is 164 cm³/mol. The largest absolute Gasteiger partial charge is 0.484 e. The molecule has 0 aliphatic heterocycles. The Balaban J connectivity index is 1.36. The molecule has 222 valence electrons. The van der Waals surface area contributed by atoms with Crippen molar-refractivity contribution >= 4 is 33.7 Å². The number of nitrogens with zero attached hydrogens (tertiary/aromatic N) is 2. The van der Waals surface area contributed by atoms with Gasteiger partial charge in [0.1, 0.15) is 12.3 Å². The lowest BCUT2D eigenvalue weighted by molar-refractivity contribution is -0.124. The van der Waals surface area contributed by atoms with Gasteiger partial charge < -0.3 is 10.1 Å². The molecule has 0 radical (unpaired) electrons. The van der Waals surface area contributed by atoms with Crippen LogP contribution >= 0.6 is 0 Å². The Morgan fingerprint density at radius 3 is 2.24 bits per heavy atom. The number of hydrogen-bond donors (Lipinski definition) is 2. The quantitative estimate of drug-likeness (QED) is 0.246. The summed E-state index contributed by atoms with van der Waals surface area (Å²) in [5.74, 6) is -0.180. The van der Waals surface area contributed by atoms with Gasteiger partial charge in [0, 0.05) is 6.04 Å². The number of ether oxygens (including phenoxy) is 1. The van der Waals surface area contributed by atoms with Gasteiger partial charge in [-0.1, -0.05) is 54.7 Å². The number of amides is 2. The van der Waals surface area contributed by atoms with E-state index in [1.165, 1.54) is 24.8 Å². The molecule has 4 rings (SSSR count). The van der Waals surface area contributed by atoms with Gasteiger partial charge >= 0.3 is 0 Å². The first-order chi connectivity index (χ1) is 20.1. The minimum atomic E-state index is -4.03. The molecule has 0 aromatic heterocycles. The van der Waals surface area contributed by atoms with E-state index in [0.717, 1.165) is 46.7 Å². The van der Waals surface area contributed by atoms with Crippen molar-refractivity contribution in [3.63, 3.8) is 0 Å². The van der Waals surface area contributed by atoms with Gasteiger partial charge in [0.2, 0.25) is 0 Å². The number of hydrogen-bond acceptors (Lipinski definition) is 6. The van der Waals surface area contributed by atoms with Gasteiger partial charge in [-0.2, -0.15) is 5.10 Å². The Morgan fingerprint density at radius 2 is 1.57 bits per heavy atom. The summed E-state index contributed by atoms with van der Waals surface area (Å²) < 4.78 is 33.9. The monoisotopic (exact) mass is 590 g/mol. The first kappa shape index (κ1) is 30.8. The zero-order chi connectivity index (χ0) is 30.1. The van der Waals surface area contributed by atoms with Crippen LogP contribution in [0, 0.1) is 20.8 Å². The van der Waals surface area contributed by atoms with Crippen LogP contribution in [0.1, 0.15) is 54.4 Å². The summed E-state index contributed by atoms with van der Waals surface area (Å²) in [5, 5.41) is 7.03. The molecule has 3 aromatic carbocycles. The molecule has 0 spiro atoms. The summed E-state index contributed by atoms with van der Waals surface area (Å²) in [6.07, 6.45) is 7.00. The van der Waals surface area contributed by atoms with Gasteiger partial charge in [0.15, 0.2) is 6.61 Å². The Morgan fingerprint density at radius 1 is 0.905 bits per heavy atom. The lowest BCUT2D eigenvalue weighted by Gasteiger charge is -2.25. The minimum absolute atomic E-state index is 0.0531. The number of carbonyl (C=O) groups excluding carboxylic acids is 2. The zero-order valence-corrected chi connectivity index (χ0v) is 25.1. The average molecular weight is 591 g/mol. The first-order valence-corrected chi connectivity index (χ1v) is 15.6. The molecule has 1 saturated carbocycles. The van der Waals surface area contributed by atoms with Crippen LogP contribution in [0.15, 0.2) is 76.7 Å². The third kappa shape index (κ3) is 8.42. The van der Waals surface area contributed by atoms with E-state index in [1.807, 2.05) is 32.9 Å². The van der Waals surface area contributed by atoms with Crippen LogP contribution in [0.3, 0.4) is 0 Å². The highest BCUT2D eigenvalue weighted by Gasteiger charge is 2.28. The Bertz CT molecular complexity index is 1510. The van der Waals surface area contributed by atoms with Crippen LogP contribution in [-0.4, -0.2) is 45.6 Å². The topological polar surface area (TPSA) is 117 Å². The Hall–Kier alpha value is -4.18. The van der Waals surface area contributed by atoms with Crippen LogP contribution in [-0.2, 0) is 19.6 Å². The van der Waals surface area contributed by atoms with Gasteiger partial charge in [0.25, 0.3) is 21.8 Å². The summed E-state index contributed by atoms with van der Waals surface area (Å²) in [4.78, 5) is 25.2. The summed E-state index contributed by atoms with van der Waals surface area (Å²) in [5.41, 5.74) is 6.18. The second-order valence-electron chi connectivity index (χ2n) is 10.7. The molecule has 2 amide bonds. The molecule has 10 heteroatoms. The fourth-order valence-electron chi connectivity index (χ4n) is 4.88. The van der Waals surface area contributed by atoms with Crippen LogP contribution in [0.5, 0.6) is 5.75 Å². The van der Waals surface area contributed by atoms with E-state index in [9.17, 15) is 18.0 Å². The molecule has 1 aliphatic rings. The van der Waals surface area contributed by atoms with E-state index in [1.54, 1.807) is 42.5 Å². The van der Waals surface area contributed by atoms with Crippen LogP contribution in [0.2, 0.25) is 0 Å². The Kier molecular flexibility index (Phi) is 10.4. The van der Waals surface area contributed by atoms with E-state index in [2.05, 4.69) is 15.8 Å². The molecule has 1 aliphatic carbocycles. The van der Waals surface area contributed by atoms with Crippen molar-refractivity contribution in [2.24, 2.45) is 5.10 Å². The van der Waals surface area contributed by atoms with Crippen LogP contribution in [0.4, 0.5) is 5.69 Å². The standard InChI is InChI=1S/C32H38N4O5S/c1-23-9-16-29(17-10-23)42(39,40)36(30-18-11-24(2)19-25(30)3)21-31(37)35-33-20-26-12-14-28(15-13-26)41-22-32(38)34-27-7-5-4-6-8-27/h9-20,27H,4-8,21-22H2,1-3H3,(H,34,38)(H,35,37)/b33-20-. The lowest BCUT2D eigenvalue weighted by Crippen LogP contribution is -2.40. The molecule has 9 nitrogen and oxygen atoms in total. The molecular formula is C32H38N4O5S. The summed E-state index contributed by atoms with van der Waals surface area (Å²) in [6, 6.07) is 19.1. The highest BCUT2D eigenvalue weighted by atomic mass is 32.2. The van der Waals surface area contributed by atoms with Crippen molar-refractivity contribution in [3.05, 3.63) is 89.0 Å². The van der Waals surface area contributed by atoms with Gasteiger partial charge in [-0.25, -0.2) is 13.8 Å². The smallest absolute Gasteiger partial charge is 0.264 e. The molecule has 0 heterocycles. The summed E-state index contributed by atoms with van der Waals surface area (Å²) in [6.45, 7) is 5.11. The fraction of sp³-hybridized carbons (Fsp3) is 0.344. The van der Waals surface area contributed by atoms with Crippen molar-refractivity contribution in [2.45, 2.75) is 63.8 Å². The van der Waals surface area contributed by atoms with E-state index in [-0.39, 0.29) is 23.5 Å². The van der Waals surface area contributed by atoms with E-state index < -0.39 is 22.5 Å². The molecule has 42 heavy (non-hydrogen) atoms. The van der Waals surface area contributed by atoms with Crippen molar-refractivity contribution in [3.8, 4) is 5.75 Å². The molecule has 2 N–H and O–H groups in total. The maximum atomic E-state index is 13.6. The van der Waals surface area contributed by atoms with Crippen LogP contribution < -0.4 is 19.8 Å². The van der Waals surface area contributed by atoms with E-state index in [0.29, 0.717) is 17.0 Å². The highest BCUT2D eigenvalue weighted by molar-refractivity contribution is 7.92. The molecule has 0 unspecified atom stereocenters. The summed E-state index contributed by atoms with van der Waals surface area (Å²) >= 11 is 0. The molecule has 0 atom stereocenters. The number of nitrogens with one attached hydrogen (secondary N) is 2. The average Bonchev–Trinajstić information content (AvgIpc) is 2.96. The second-order valence-corrected chi connectivity index (χ2v) is 12.5. The maximum absolute atomic E-state index is 13.6. The number of anilines is 1. The van der Waals surface area contributed by atoms with Crippen molar-refractivity contribution in [1.29, 1.82) is 0 Å². The molecular weight excluding hydrogens is 552 g/mol. The van der Waals surface area contributed by atoms with Crippen molar-refractivity contribution in [2.75, 3.05) is 17.5 Å². The lowest BCUT2D eigenvalue weighted by atomic mass is 9.95. The number of benzene rings is 3. The molecule has 0 saturated heterocycles. The first-order valence-electron chi connectivity index (χ1n) is 14.1. The highest BCUT2D eigenvalue weighted by Crippen LogP contribution is 2.27. The van der Waals surface area contributed by atoms with Crippen molar-refractivity contribution < 1.29 is 22.7 Å². The van der Waals surface area contributed by atoms with Gasteiger partial charge in [-0.05, 0) is 87.2 Å². The fourth-order valence-corrected chi connectivity index (χ4v) is 6.37. The number of sulfonamides is 1. The van der Waals surface area contributed by atoms with Crippen molar-refractivity contribution in [1.82, 2.24) is 10.7 Å². The minimum Gasteiger partial charge on any atom is -0.484 e. The zero-order valence-electron chi connectivity index (χ0n) is 24.3. The van der Waals surface area contributed by atoms with Gasteiger partial charge in [0.05, 0.1) is 16.8 Å². The predicted octanol–water partition coefficient (Wildman–Crippen LogP) is 4.79. The number of aryl methyl sites for hydroxylation is 3. The number of carbonyl (C=O) groups is 2. The van der Waals surface area contributed by atoms with E-state index >= 15 is 0 Å². The Labute approximate surface area is 248 Å². The third-order valence-electron chi connectivity index (χ3n) is 7.14. The molecule has 0 bridgehead atoms. The third-order valence-corrected chi connectivity index (χ3v) is 8.91. The molecule has 3 aromatic rings. The normalized spacial score (nSPS) is 14.0. The SMILES string of the molecule is Cc1ccc(S(=O)(=O)N(CC(=O)N/N=C\c2ccc(OCC(=O)NC3CCCCC3)cc2)c2ccc(C)cc2C)cc1. The van der Waals surface area contributed by atoms with E-state index in [4.69, 9.17) is 4.74 Å². The molecule has 1 fully saturated rings. The summed E-state index contributed by atoms with van der Waals surface area (Å²) in [7, 11) is -4.03. The number of rotatable bonds is 11. The number of hydrazone groups is 1.